The molecule has 0 aliphatic carbocycles. The van der Waals surface area contributed by atoms with E-state index in [1.807, 2.05) is 61.6 Å². The number of hydrogen-bond donors (Lipinski definition) is 1. The number of aryl methyl sites for hydroxylation is 1. The summed E-state index contributed by atoms with van der Waals surface area (Å²) in [7, 11) is 3.93. The SMILES string of the molecule is Cc1cccc2cc(/C=C3\NC(=O)c4cc(N(C)C)ccc43)ncc12. The molecule has 124 valence electrons. The first-order valence-electron chi connectivity index (χ1n) is 8.23. The molecule has 4 heteroatoms. The minimum atomic E-state index is -0.0680. The Morgan fingerprint density at radius 1 is 1.08 bits per heavy atom. The highest BCUT2D eigenvalue weighted by Crippen LogP contribution is 2.29. The zero-order valence-electron chi connectivity index (χ0n) is 14.5. The lowest BCUT2D eigenvalue weighted by molar-refractivity contribution is 0.0981. The quantitative estimate of drug-likeness (QED) is 0.777. The molecule has 0 fully saturated rings. The van der Waals surface area contributed by atoms with Gasteiger partial charge >= 0.3 is 0 Å². The number of carbonyl (C=O) groups is 1. The molecular weight excluding hydrogens is 310 g/mol. The highest BCUT2D eigenvalue weighted by Gasteiger charge is 2.24. The molecule has 1 amide bonds. The third-order valence-electron chi connectivity index (χ3n) is 4.60. The van der Waals surface area contributed by atoms with Crippen molar-refractivity contribution in [2.75, 3.05) is 19.0 Å². The van der Waals surface area contributed by atoms with Crippen molar-refractivity contribution in [2.24, 2.45) is 0 Å². The molecule has 4 rings (SSSR count). The summed E-state index contributed by atoms with van der Waals surface area (Å²) in [6.07, 6.45) is 3.82. The van der Waals surface area contributed by atoms with E-state index in [0.717, 1.165) is 33.4 Å². The summed E-state index contributed by atoms with van der Waals surface area (Å²) in [5.41, 5.74) is 5.47. The van der Waals surface area contributed by atoms with Crippen LogP contribution in [0.3, 0.4) is 0 Å². The second kappa shape index (κ2) is 5.74. The van der Waals surface area contributed by atoms with Crippen LogP contribution in [0.5, 0.6) is 0 Å². The lowest BCUT2D eigenvalue weighted by Gasteiger charge is -2.12. The molecule has 1 N–H and O–H groups in total. The lowest BCUT2D eigenvalue weighted by atomic mass is 10.0. The number of hydrogen-bond acceptors (Lipinski definition) is 3. The van der Waals surface area contributed by atoms with Gasteiger partial charge in [-0.2, -0.15) is 0 Å². The standard InChI is InChI=1S/C21H19N3O/c1-13-5-4-6-14-9-15(22-12-19(13)14)10-20-17-8-7-16(24(2)3)11-18(17)21(25)23-20/h4-12H,1-3H3,(H,23,25)/b20-10-. The predicted molar refractivity (Wildman–Crippen MR) is 103 cm³/mol. The molecule has 0 spiro atoms. The van der Waals surface area contributed by atoms with E-state index in [1.165, 1.54) is 5.56 Å². The third kappa shape index (κ3) is 2.66. The zero-order chi connectivity index (χ0) is 17.6. The molecule has 0 atom stereocenters. The van der Waals surface area contributed by atoms with E-state index < -0.39 is 0 Å². The van der Waals surface area contributed by atoms with Gasteiger partial charge in [0, 0.05) is 36.9 Å². The summed E-state index contributed by atoms with van der Waals surface area (Å²) < 4.78 is 0. The van der Waals surface area contributed by atoms with Crippen LogP contribution in [-0.4, -0.2) is 25.0 Å². The van der Waals surface area contributed by atoms with Crippen molar-refractivity contribution in [2.45, 2.75) is 6.92 Å². The number of amides is 1. The van der Waals surface area contributed by atoms with Crippen LogP contribution < -0.4 is 10.2 Å². The lowest BCUT2D eigenvalue weighted by Crippen LogP contribution is -2.13. The van der Waals surface area contributed by atoms with Gasteiger partial charge in [0.25, 0.3) is 5.91 Å². The van der Waals surface area contributed by atoms with Crippen molar-refractivity contribution in [3.8, 4) is 0 Å². The Bertz CT molecular complexity index is 1030. The number of fused-ring (bicyclic) bond motifs is 2. The van der Waals surface area contributed by atoms with Crippen LogP contribution in [0.4, 0.5) is 5.69 Å². The maximum absolute atomic E-state index is 12.3. The van der Waals surface area contributed by atoms with Gasteiger partial charge in [0.1, 0.15) is 0 Å². The Morgan fingerprint density at radius 2 is 1.92 bits per heavy atom. The van der Waals surface area contributed by atoms with E-state index in [0.29, 0.717) is 5.56 Å². The second-order valence-electron chi connectivity index (χ2n) is 6.54. The van der Waals surface area contributed by atoms with E-state index in [1.54, 1.807) is 0 Å². The molecular formula is C21H19N3O. The number of nitrogens with zero attached hydrogens (tertiary/aromatic N) is 2. The molecule has 2 aromatic carbocycles. The molecule has 0 saturated heterocycles. The van der Waals surface area contributed by atoms with Crippen LogP contribution in [0.1, 0.15) is 27.2 Å². The topological polar surface area (TPSA) is 45.2 Å². The van der Waals surface area contributed by atoms with Gasteiger partial charge in [-0.3, -0.25) is 9.78 Å². The van der Waals surface area contributed by atoms with Crippen LogP contribution in [0.2, 0.25) is 0 Å². The number of aromatic nitrogens is 1. The van der Waals surface area contributed by atoms with Crippen LogP contribution in [0, 0.1) is 6.92 Å². The Labute approximate surface area is 146 Å². The Kier molecular flexibility index (Phi) is 3.53. The smallest absolute Gasteiger partial charge is 0.256 e. The number of rotatable bonds is 2. The van der Waals surface area contributed by atoms with E-state index >= 15 is 0 Å². The van der Waals surface area contributed by atoms with Crippen molar-refractivity contribution in [3.05, 3.63) is 71.0 Å². The fourth-order valence-electron chi connectivity index (χ4n) is 3.17. The second-order valence-corrected chi connectivity index (χ2v) is 6.54. The monoisotopic (exact) mass is 329 g/mol. The van der Waals surface area contributed by atoms with Crippen LogP contribution in [0.15, 0.2) is 48.7 Å². The predicted octanol–water partition coefficient (Wildman–Crippen LogP) is 3.85. The molecule has 0 unspecified atom stereocenters. The maximum atomic E-state index is 12.3. The van der Waals surface area contributed by atoms with Crippen LogP contribution >= 0.6 is 0 Å². The molecule has 0 bridgehead atoms. The molecule has 1 aromatic heterocycles. The maximum Gasteiger partial charge on any atom is 0.256 e. The Morgan fingerprint density at radius 3 is 2.72 bits per heavy atom. The molecule has 0 radical (unpaired) electrons. The van der Waals surface area contributed by atoms with Gasteiger partial charge in [-0.25, -0.2) is 0 Å². The van der Waals surface area contributed by atoms with Crippen molar-refractivity contribution >= 4 is 34.1 Å². The first-order valence-corrected chi connectivity index (χ1v) is 8.23. The first kappa shape index (κ1) is 15.4. The summed E-state index contributed by atoms with van der Waals surface area (Å²) in [5, 5.41) is 5.25. The van der Waals surface area contributed by atoms with Crippen LogP contribution in [0.25, 0.3) is 22.5 Å². The molecule has 1 aliphatic heterocycles. The summed E-state index contributed by atoms with van der Waals surface area (Å²) in [6, 6.07) is 14.2. The number of carbonyl (C=O) groups excluding carboxylic acids is 1. The molecule has 2 heterocycles. The van der Waals surface area contributed by atoms with E-state index in [2.05, 4.69) is 29.4 Å². The molecule has 25 heavy (non-hydrogen) atoms. The zero-order valence-corrected chi connectivity index (χ0v) is 14.5. The average Bonchev–Trinajstić information content (AvgIpc) is 2.90. The summed E-state index contributed by atoms with van der Waals surface area (Å²) >= 11 is 0. The van der Waals surface area contributed by atoms with Crippen molar-refractivity contribution in [3.63, 3.8) is 0 Å². The number of anilines is 1. The number of nitrogens with one attached hydrogen (secondary N) is 1. The molecule has 0 saturated carbocycles. The Hall–Kier alpha value is -3.14. The first-order chi connectivity index (χ1) is 12.0. The van der Waals surface area contributed by atoms with Crippen molar-refractivity contribution in [1.29, 1.82) is 0 Å². The summed E-state index contributed by atoms with van der Waals surface area (Å²) in [6.45, 7) is 2.08. The third-order valence-corrected chi connectivity index (χ3v) is 4.60. The molecule has 1 aliphatic rings. The summed E-state index contributed by atoms with van der Waals surface area (Å²) in [4.78, 5) is 18.8. The van der Waals surface area contributed by atoms with Gasteiger partial charge in [0.05, 0.1) is 17.0 Å². The van der Waals surface area contributed by atoms with Gasteiger partial charge < -0.3 is 10.2 Å². The average molecular weight is 329 g/mol. The minimum absolute atomic E-state index is 0.0680. The van der Waals surface area contributed by atoms with Gasteiger partial charge in [0.15, 0.2) is 0 Å². The molecule has 4 nitrogen and oxygen atoms in total. The minimum Gasteiger partial charge on any atom is -0.378 e. The number of pyridine rings is 1. The van der Waals surface area contributed by atoms with Gasteiger partial charge in [-0.05, 0) is 42.1 Å². The fraction of sp³-hybridized carbons (Fsp3) is 0.143. The normalized spacial score (nSPS) is 14.7. The Balaban J connectivity index is 1.78. The van der Waals surface area contributed by atoms with Crippen molar-refractivity contribution in [1.82, 2.24) is 10.3 Å². The van der Waals surface area contributed by atoms with E-state index in [-0.39, 0.29) is 5.91 Å². The summed E-state index contributed by atoms with van der Waals surface area (Å²) in [5.74, 6) is -0.0680. The van der Waals surface area contributed by atoms with Crippen LogP contribution in [-0.2, 0) is 0 Å². The van der Waals surface area contributed by atoms with Crippen molar-refractivity contribution < 1.29 is 4.79 Å². The van der Waals surface area contributed by atoms with E-state index in [4.69, 9.17) is 0 Å². The highest BCUT2D eigenvalue weighted by atomic mass is 16.1. The number of benzene rings is 2. The van der Waals surface area contributed by atoms with Gasteiger partial charge in [-0.15, -0.1) is 0 Å². The van der Waals surface area contributed by atoms with Gasteiger partial charge in [-0.1, -0.05) is 24.3 Å². The van der Waals surface area contributed by atoms with E-state index in [9.17, 15) is 4.79 Å². The largest absolute Gasteiger partial charge is 0.378 e. The fourth-order valence-corrected chi connectivity index (χ4v) is 3.17. The molecule has 3 aromatic rings. The highest BCUT2D eigenvalue weighted by molar-refractivity contribution is 6.12. The van der Waals surface area contributed by atoms with Gasteiger partial charge in [0.2, 0.25) is 0 Å².